The summed E-state index contributed by atoms with van der Waals surface area (Å²) in [5, 5.41) is 3.38. The van der Waals surface area contributed by atoms with Gasteiger partial charge in [0.1, 0.15) is 0 Å². The molecule has 0 aliphatic carbocycles. The van der Waals surface area contributed by atoms with E-state index in [9.17, 15) is 4.79 Å². The molecule has 100 valence electrons. The van der Waals surface area contributed by atoms with E-state index in [1.165, 1.54) is 32.4 Å². The molecule has 0 bridgehead atoms. The fourth-order valence-corrected chi connectivity index (χ4v) is 2.19. The van der Waals surface area contributed by atoms with Crippen molar-refractivity contribution in [3.05, 3.63) is 0 Å². The van der Waals surface area contributed by atoms with Gasteiger partial charge in [0, 0.05) is 19.1 Å². The van der Waals surface area contributed by atoms with E-state index in [1.807, 2.05) is 13.8 Å². The van der Waals surface area contributed by atoms with Crippen molar-refractivity contribution >= 4 is 5.97 Å². The van der Waals surface area contributed by atoms with Crippen LogP contribution in [-0.4, -0.2) is 49.7 Å². The van der Waals surface area contributed by atoms with Crippen LogP contribution in [0.3, 0.4) is 0 Å². The minimum absolute atomic E-state index is 0.106. The highest BCUT2D eigenvalue weighted by atomic mass is 16.5. The summed E-state index contributed by atoms with van der Waals surface area (Å²) in [6, 6.07) is 0.207. The number of piperidine rings is 1. The number of nitrogens with one attached hydrogen (secondary N) is 1. The van der Waals surface area contributed by atoms with Crippen LogP contribution in [0.1, 0.15) is 39.5 Å². The van der Waals surface area contributed by atoms with E-state index >= 15 is 0 Å². The molecular formula is C13H26N2O2. The van der Waals surface area contributed by atoms with Crippen LogP contribution in [-0.2, 0) is 9.53 Å². The molecule has 0 saturated carbocycles. The largest absolute Gasteiger partial charge is 0.466 e. The third kappa shape index (κ3) is 6.64. The molecule has 0 aromatic heterocycles. The molecule has 1 saturated heterocycles. The maximum absolute atomic E-state index is 11.2. The lowest BCUT2D eigenvalue weighted by Gasteiger charge is -2.27. The van der Waals surface area contributed by atoms with Gasteiger partial charge in [0.05, 0.1) is 13.0 Å². The zero-order chi connectivity index (χ0) is 12.5. The number of carbonyl (C=O) groups is 1. The standard InChI is InChI=1S/C13H26N2O2/c1-3-17-13(16)11-12(2)14-7-10-15-8-5-4-6-9-15/h12,14H,3-11H2,1-2H3. The van der Waals surface area contributed by atoms with E-state index in [0.29, 0.717) is 13.0 Å². The van der Waals surface area contributed by atoms with Crippen LogP contribution in [0, 0.1) is 0 Å². The molecule has 0 aromatic rings. The van der Waals surface area contributed by atoms with Crippen molar-refractivity contribution in [2.24, 2.45) is 0 Å². The second-order valence-electron chi connectivity index (χ2n) is 4.77. The van der Waals surface area contributed by atoms with Crippen LogP contribution in [0.2, 0.25) is 0 Å². The molecule has 1 heterocycles. The quantitative estimate of drug-likeness (QED) is 0.685. The predicted octanol–water partition coefficient (Wildman–Crippen LogP) is 1.40. The summed E-state index contributed by atoms with van der Waals surface area (Å²) in [6.45, 7) is 8.86. The smallest absolute Gasteiger partial charge is 0.307 e. The normalized spacial score (nSPS) is 18.9. The lowest BCUT2D eigenvalue weighted by atomic mass is 10.1. The summed E-state index contributed by atoms with van der Waals surface area (Å²) < 4.78 is 4.92. The zero-order valence-electron chi connectivity index (χ0n) is 11.2. The van der Waals surface area contributed by atoms with Gasteiger partial charge < -0.3 is 15.0 Å². The lowest BCUT2D eigenvalue weighted by Crippen LogP contribution is -2.39. The molecule has 1 aliphatic heterocycles. The Kier molecular flexibility index (Phi) is 7.21. The highest BCUT2D eigenvalue weighted by Crippen LogP contribution is 2.07. The number of esters is 1. The third-order valence-electron chi connectivity index (χ3n) is 3.15. The van der Waals surface area contributed by atoms with Gasteiger partial charge in [-0.1, -0.05) is 6.42 Å². The molecule has 17 heavy (non-hydrogen) atoms. The molecule has 1 atom stereocenters. The highest BCUT2D eigenvalue weighted by Gasteiger charge is 2.11. The molecule has 1 rings (SSSR count). The maximum Gasteiger partial charge on any atom is 0.307 e. The van der Waals surface area contributed by atoms with E-state index in [1.54, 1.807) is 0 Å². The topological polar surface area (TPSA) is 41.6 Å². The van der Waals surface area contributed by atoms with Crippen molar-refractivity contribution < 1.29 is 9.53 Å². The number of rotatable bonds is 7. The van der Waals surface area contributed by atoms with Gasteiger partial charge in [-0.15, -0.1) is 0 Å². The molecule has 1 aliphatic rings. The van der Waals surface area contributed by atoms with Crippen molar-refractivity contribution in [3.63, 3.8) is 0 Å². The fourth-order valence-electron chi connectivity index (χ4n) is 2.19. The van der Waals surface area contributed by atoms with Crippen molar-refractivity contribution in [1.29, 1.82) is 0 Å². The number of carbonyl (C=O) groups excluding carboxylic acids is 1. The van der Waals surface area contributed by atoms with Gasteiger partial charge in [-0.05, 0) is 39.8 Å². The summed E-state index contributed by atoms with van der Waals surface area (Å²) in [5.41, 5.74) is 0. The summed E-state index contributed by atoms with van der Waals surface area (Å²) in [6.07, 6.45) is 4.51. The van der Waals surface area contributed by atoms with Gasteiger partial charge in [-0.2, -0.15) is 0 Å². The summed E-state index contributed by atoms with van der Waals surface area (Å²) >= 11 is 0. The fraction of sp³-hybridized carbons (Fsp3) is 0.923. The molecule has 4 heteroatoms. The first-order valence-electron chi connectivity index (χ1n) is 6.83. The minimum Gasteiger partial charge on any atom is -0.466 e. The Morgan fingerprint density at radius 1 is 1.35 bits per heavy atom. The van der Waals surface area contributed by atoms with Gasteiger partial charge in [-0.3, -0.25) is 4.79 Å². The van der Waals surface area contributed by atoms with Crippen molar-refractivity contribution in [2.75, 3.05) is 32.8 Å². The van der Waals surface area contributed by atoms with Crippen LogP contribution in [0.5, 0.6) is 0 Å². The Morgan fingerprint density at radius 2 is 2.06 bits per heavy atom. The Hall–Kier alpha value is -0.610. The molecule has 0 aromatic carbocycles. The lowest BCUT2D eigenvalue weighted by molar-refractivity contribution is -0.143. The van der Waals surface area contributed by atoms with Gasteiger partial charge in [0.25, 0.3) is 0 Å². The highest BCUT2D eigenvalue weighted by molar-refractivity contribution is 5.69. The SMILES string of the molecule is CCOC(=O)CC(C)NCCN1CCCCC1. The maximum atomic E-state index is 11.2. The van der Waals surface area contributed by atoms with Crippen LogP contribution >= 0.6 is 0 Å². The first-order valence-corrected chi connectivity index (χ1v) is 6.83. The Bertz CT molecular complexity index is 215. The second-order valence-corrected chi connectivity index (χ2v) is 4.77. The van der Waals surface area contributed by atoms with E-state index in [-0.39, 0.29) is 12.0 Å². The number of nitrogens with zero attached hydrogens (tertiary/aromatic N) is 1. The summed E-state index contributed by atoms with van der Waals surface area (Å²) in [4.78, 5) is 13.7. The van der Waals surface area contributed by atoms with Crippen molar-refractivity contribution in [1.82, 2.24) is 10.2 Å². The number of hydrogen-bond donors (Lipinski definition) is 1. The Balaban J connectivity index is 2.02. The molecule has 1 N–H and O–H groups in total. The van der Waals surface area contributed by atoms with Crippen molar-refractivity contribution in [2.45, 2.75) is 45.6 Å². The predicted molar refractivity (Wildman–Crippen MR) is 69.0 cm³/mol. The molecule has 1 unspecified atom stereocenters. The molecular weight excluding hydrogens is 216 g/mol. The van der Waals surface area contributed by atoms with Gasteiger partial charge in [0.15, 0.2) is 0 Å². The summed E-state index contributed by atoms with van der Waals surface area (Å²) in [7, 11) is 0. The average Bonchev–Trinajstić information content (AvgIpc) is 2.30. The molecule has 1 fully saturated rings. The van der Waals surface area contributed by atoms with Gasteiger partial charge in [0.2, 0.25) is 0 Å². The molecule has 0 amide bonds. The number of hydrogen-bond acceptors (Lipinski definition) is 4. The van der Waals surface area contributed by atoms with E-state index in [2.05, 4.69) is 10.2 Å². The van der Waals surface area contributed by atoms with Crippen LogP contribution in [0.15, 0.2) is 0 Å². The first-order chi connectivity index (χ1) is 8.22. The monoisotopic (exact) mass is 242 g/mol. The number of ether oxygens (including phenoxy) is 1. The Morgan fingerprint density at radius 3 is 2.71 bits per heavy atom. The minimum atomic E-state index is -0.106. The van der Waals surface area contributed by atoms with E-state index in [0.717, 1.165) is 13.1 Å². The second kappa shape index (κ2) is 8.48. The van der Waals surface area contributed by atoms with E-state index in [4.69, 9.17) is 4.74 Å². The Labute approximate surface area is 105 Å². The van der Waals surface area contributed by atoms with Crippen molar-refractivity contribution in [3.8, 4) is 0 Å². The molecule has 0 spiro atoms. The summed E-state index contributed by atoms with van der Waals surface area (Å²) in [5.74, 6) is -0.106. The third-order valence-corrected chi connectivity index (χ3v) is 3.15. The van der Waals surface area contributed by atoms with Gasteiger partial charge in [-0.25, -0.2) is 0 Å². The number of likely N-dealkylation sites (tertiary alicyclic amines) is 1. The molecule has 4 nitrogen and oxygen atoms in total. The van der Waals surface area contributed by atoms with Gasteiger partial charge >= 0.3 is 5.97 Å². The van der Waals surface area contributed by atoms with E-state index < -0.39 is 0 Å². The van der Waals surface area contributed by atoms with Crippen LogP contribution in [0.4, 0.5) is 0 Å². The average molecular weight is 242 g/mol. The molecule has 0 radical (unpaired) electrons. The van der Waals surface area contributed by atoms with Crippen LogP contribution in [0.25, 0.3) is 0 Å². The first kappa shape index (κ1) is 14.5. The zero-order valence-corrected chi connectivity index (χ0v) is 11.2. The van der Waals surface area contributed by atoms with Crippen LogP contribution < -0.4 is 5.32 Å².